The van der Waals surface area contributed by atoms with Crippen LogP contribution >= 0.6 is 0 Å². The van der Waals surface area contributed by atoms with Gasteiger partial charge in [0.1, 0.15) is 0 Å². The van der Waals surface area contributed by atoms with Gasteiger partial charge < -0.3 is 4.42 Å². The summed E-state index contributed by atoms with van der Waals surface area (Å²) in [4.78, 5) is 24.6. The van der Waals surface area contributed by atoms with E-state index >= 15 is 0 Å². The Morgan fingerprint density at radius 2 is 2.14 bits per heavy atom. The van der Waals surface area contributed by atoms with Crippen LogP contribution in [0.25, 0.3) is 10.9 Å². The molecule has 0 spiro atoms. The highest BCUT2D eigenvalue weighted by Crippen LogP contribution is 2.08. The van der Waals surface area contributed by atoms with E-state index in [1.165, 1.54) is 0 Å². The Kier molecular flexibility index (Phi) is 1.96. The third kappa shape index (κ3) is 1.35. The molecule has 0 saturated heterocycles. The summed E-state index contributed by atoms with van der Waals surface area (Å²) in [7, 11) is 0. The third-order valence-corrected chi connectivity index (χ3v) is 2.13. The molecule has 0 fully saturated rings. The monoisotopic (exact) mass is 191 g/mol. The Balaban J connectivity index is 2.89. The Bertz CT molecular complexity index is 580. The summed E-state index contributed by atoms with van der Waals surface area (Å²) in [6, 6.07) is 5.29. The number of aromatic amines is 1. The van der Waals surface area contributed by atoms with Crippen LogP contribution in [0.15, 0.2) is 32.2 Å². The fourth-order valence-electron chi connectivity index (χ4n) is 1.37. The van der Waals surface area contributed by atoms with Gasteiger partial charge in [-0.25, -0.2) is 9.59 Å². The van der Waals surface area contributed by atoms with Crippen molar-refractivity contribution in [2.24, 2.45) is 0 Å². The van der Waals surface area contributed by atoms with Crippen LogP contribution in [0.1, 0.15) is 12.5 Å². The van der Waals surface area contributed by atoms with Crippen LogP contribution in [0, 0.1) is 0 Å². The van der Waals surface area contributed by atoms with Gasteiger partial charge in [-0.15, -0.1) is 0 Å². The largest absolute Gasteiger partial charge is 0.419 e. The van der Waals surface area contributed by atoms with Crippen molar-refractivity contribution in [1.29, 1.82) is 0 Å². The molecule has 1 heterocycles. The highest BCUT2D eigenvalue weighted by Gasteiger charge is 2.02. The molecule has 14 heavy (non-hydrogen) atoms. The zero-order valence-electron chi connectivity index (χ0n) is 7.66. The lowest BCUT2D eigenvalue weighted by Gasteiger charge is -1.98. The van der Waals surface area contributed by atoms with Crippen molar-refractivity contribution in [3.8, 4) is 0 Å². The van der Waals surface area contributed by atoms with E-state index in [9.17, 15) is 9.59 Å². The van der Waals surface area contributed by atoms with Gasteiger partial charge in [0.05, 0.1) is 10.9 Å². The molecule has 4 heteroatoms. The van der Waals surface area contributed by atoms with Gasteiger partial charge in [-0.1, -0.05) is 13.0 Å². The van der Waals surface area contributed by atoms with E-state index in [-0.39, 0.29) is 0 Å². The molecule has 0 amide bonds. The third-order valence-electron chi connectivity index (χ3n) is 2.13. The molecule has 1 N–H and O–H groups in total. The first-order valence-electron chi connectivity index (χ1n) is 4.37. The van der Waals surface area contributed by atoms with Crippen molar-refractivity contribution in [3.05, 3.63) is 44.7 Å². The number of fused-ring (bicyclic) bond motifs is 1. The molecule has 2 rings (SSSR count). The van der Waals surface area contributed by atoms with Crippen molar-refractivity contribution in [2.75, 3.05) is 0 Å². The molecule has 0 bridgehead atoms. The summed E-state index contributed by atoms with van der Waals surface area (Å²) in [5.74, 6) is -0.712. The second-order valence-corrected chi connectivity index (χ2v) is 3.04. The normalized spacial score (nSPS) is 10.6. The van der Waals surface area contributed by atoms with Gasteiger partial charge >= 0.3 is 11.4 Å². The molecule has 0 aliphatic rings. The molecule has 2 aromatic rings. The highest BCUT2D eigenvalue weighted by molar-refractivity contribution is 5.77. The molecule has 1 aromatic carbocycles. The second kappa shape index (κ2) is 3.14. The lowest BCUT2D eigenvalue weighted by Crippen LogP contribution is -2.14. The van der Waals surface area contributed by atoms with Crippen molar-refractivity contribution in [2.45, 2.75) is 13.3 Å². The van der Waals surface area contributed by atoms with E-state index in [1.807, 2.05) is 13.0 Å². The minimum Gasteiger partial charge on any atom is -0.372 e. The maximum absolute atomic E-state index is 11.2. The van der Waals surface area contributed by atoms with E-state index in [0.29, 0.717) is 10.9 Å². The first-order chi connectivity index (χ1) is 6.70. The molecule has 0 unspecified atom stereocenters. The lowest BCUT2D eigenvalue weighted by molar-refractivity contribution is 0.460. The first kappa shape index (κ1) is 8.74. The fraction of sp³-hybridized carbons (Fsp3) is 0.200. The van der Waals surface area contributed by atoms with Crippen LogP contribution in [-0.4, -0.2) is 4.98 Å². The van der Waals surface area contributed by atoms with E-state index in [0.717, 1.165) is 12.0 Å². The number of hydrogen-bond donors (Lipinski definition) is 1. The Morgan fingerprint density at radius 3 is 2.86 bits per heavy atom. The van der Waals surface area contributed by atoms with Crippen molar-refractivity contribution < 1.29 is 4.42 Å². The molecule has 0 radical (unpaired) electrons. The van der Waals surface area contributed by atoms with Gasteiger partial charge in [-0.2, -0.15) is 0 Å². The molecule has 4 nitrogen and oxygen atoms in total. The zero-order valence-corrected chi connectivity index (χ0v) is 7.66. The van der Waals surface area contributed by atoms with Crippen molar-refractivity contribution >= 4 is 10.9 Å². The number of rotatable bonds is 1. The SMILES string of the molecule is CCc1ccc2c(=O)oc(=O)[nH]c2c1. The Hall–Kier alpha value is -1.84. The van der Waals surface area contributed by atoms with E-state index in [2.05, 4.69) is 9.40 Å². The molecule has 1 aromatic heterocycles. The second-order valence-electron chi connectivity index (χ2n) is 3.04. The van der Waals surface area contributed by atoms with Crippen LogP contribution in [-0.2, 0) is 6.42 Å². The molecule has 0 atom stereocenters. The standard InChI is InChI=1S/C10H9NO3/c1-2-6-3-4-7-8(5-6)11-10(13)14-9(7)12/h3-5H,2H2,1H3,(H,11,13). The van der Waals surface area contributed by atoms with Crippen LogP contribution < -0.4 is 11.4 Å². The number of benzene rings is 1. The first-order valence-corrected chi connectivity index (χ1v) is 4.37. The summed E-state index contributed by atoms with van der Waals surface area (Å²) < 4.78 is 4.40. The minimum absolute atomic E-state index is 0.404. The van der Waals surface area contributed by atoms with Gasteiger partial charge in [0, 0.05) is 0 Å². The van der Waals surface area contributed by atoms with Crippen LogP contribution in [0.2, 0.25) is 0 Å². The van der Waals surface area contributed by atoms with Gasteiger partial charge in [-0.05, 0) is 24.1 Å². The van der Waals surface area contributed by atoms with Crippen LogP contribution in [0.4, 0.5) is 0 Å². The molecular weight excluding hydrogens is 182 g/mol. The Labute approximate surface area is 79.2 Å². The number of aryl methyl sites for hydroxylation is 1. The smallest absolute Gasteiger partial charge is 0.372 e. The van der Waals surface area contributed by atoms with Gasteiger partial charge in [0.2, 0.25) is 0 Å². The summed E-state index contributed by atoms with van der Waals surface area (Å²) in [5, 5.41) is 0.404. The van der Waals surface area contributed by atoms with Crippen molar-refractivity contribution in [1.82, 2.24) is 4.98 Å². The summed E-state index contributed by atoms with van der Waals surface area (Å²) in [5.41, 5.74) is 1.01. The summed E-state index contributed by atoms with van der Waals surface area (Å²) in [6.07, 6.45) is 0.859. The minimum atomic E-state index is -0.712. The summed E-state index contributed by atoms with van der Waals surface area (Å²) in [6.45, 7) is 2.00. The van der Waals surface area contributed by atoms with E-state index in [4.69, 9.17) is 0 Å². The van der Waals surface area contributed by atoms with Gasteiger partial charge in [0.25, 0.3) is 0 Å². The number of aromatic nitrogens is 1. The average Bonchev–Trinajstić information content (AvgIpc) is 2.16. The lowest BCUT2D eigenvalue weighted by atomic mass is 10.1. The van der Waals surface area contributed by atoms with Gasteiger partial charge in [-0.3, -0.25) is 4.98 Å². The van der Waals surface area contributed by atoms with Crippen molar-refractivity contribution in [3.63, 3.8) is 0 Å². The molecule has 0 aliphatic carbocycles. The maximum Gasteiger partial charge on any atom is 0.419 e. The van der Waals surface area contributed by atoms with E-state index in [1.54, 1.807) is 12.1 Å². The predicted molar refractivity (Wildman–Crippen MR) is 52.5 cm³/mol. The zero-order chi connectivity index (χ0) is 10.1. The quantitative estimate of drug-likeness (QED) is 0.732. The molecular formula is C10H9NO3. The fourth-order valence-corrected chi connectivity index (χ4v) is 1.37. The molecule has 0 saturated carbocycles. The number of hydrogen-bond acceptors (Lipinski definition) is 3. The molecule has 72 valence electrons. The number of H-pyrrole nitrogens is 1. The van der Waals surface area contributed by atoms with Crippen LogP contribution in [0.5, 0.6) is 0 Å². The summed E-state index contributed by atoms with van der Waals surface area (Å²) >= 11 is 0. The van der Waals surface area contributed by atoms with E-state index < -0.39 is 11.4 Å². The van der Waals surface area contributed by atoms with Gasteiger partial charge in [0.15, 0.2) is 0 Å². The highest BCUT2D eigenvalue weighted by atomic mass is 16.4. The average molecular weight is 191 g/mol. The molecule has 0 aliphatic heterocycles. The topological polar surface area (TPSA) is 63.1 Å². The number of nitrogens with one attached hydrogen (secondary N) is 1. The maximum atomic E-state index is 11.2. The Morgan fingerprint density at radius 1 is 1.36 bits per heavy atom. The predicted octanol–water partition coefficient (Wildman–Crippen LogP) is 1.04. The van der Waals surface area contributed by atoms with Crippen LogP contribution in [0.3, 0.4) is 0 Å².